The molecule has 0 aromatic heterocycles. The fraction of sp³-hybridized carbons (Fsp3) is 0.235. The molecule has 0 saturated heterocycles. The molecule has 0 saturated carbocycles. The number of hydrogen-bond acceptors (Lipinski definition) is 2. The molecule has 110 valence electrons. The Hall–Kier alpha value is -2.00. The second-order valence-corrected chi connectivity index (χ2v) is 6.31. The molecule has 0 aliphatic carbocycles. The van der Waals surface area contributed by atoms with E-state index in [1.807, 2.05) is 24.3 Å². The minimum atomic E-state index is -0.109. The zero-order valence-electron chi connectivity index (χ0n) is 12.4. The Bertz CT molecular complexity index is 657. The van der Waals surface area contributed by atoms with Crippen molar-refractivity contribution in [1.82, 2.24) is 0 Å². The average Bonchev–Trinajstić information content (AvgIpc) is 2.38. The lowest BCUT2D eigenvalue weighted by atomic mass is 9.87. The molecular weight excluding hydrogens is 284 g/mol. The van der Waals surface area contributed by atoms with E-state index in [1.54, 1.807) is 18.2 Å². The fourth-order valence-corrected chi connectivity index (χ4v) is 2.27. The van der Waals surface area contributed by atoms with E-state index in [9.17, 15) is 0 Å². The summed E-state index contributed by atoms with van der Waals surface area (Å²) in [6.45, 7) is 6.48. The van der Waals surface area contributed by atoms with E-state index >= 15 is 0 Å². The van der Waals surface area contributed by atoms with Gasteiger partial charge in [0.2, 0.25) is 0 Å². The van der Waals surface area contributed by atoms with Crippen molar-refractivity contribution in [1.29, 1.82) is 5.41 Å². The van der Waals surface area contributed by atoms with Crippen LogP contribution in [-0.4, -0.2) is 5.84 Å². The molecule has 0 aliphatic heterocycles. The summed E-state index contributed by atoms with van der Waals surface area (Å²) in [6.07, 6.45) is 0. The highest BCUT2D eigenvalue weighted by Gasteiger charge is 2.14. The maximum Gasteiger partial charge on any atom is 0.139 e. The van der Waals surface area contributed by atoms with Crippen molar-refractivity contribution in [3.63, 3.8) is 0 Å². The molecule has 0 bridgehead atoms. The molecule has 0 aliphatic rings. The van der Waals surface area contributed by atoms with E-state index in [4.69, 9.17) is 27.5 Å². The van der Waals surface area contributed by atoms with Gasteiger partial charge < -0.3 is 10.5 Å². The monoisotopic (exact) mass is 302 g/mol. The first-order valence-electron chi connectivity index (χ1n) is 6.70. The summed E-state index contributed by atoms with van der Waals surface area (Å²) < 4.78 is 5.81. The highest BCUT2D eigenvalue weighted by molar-refractivity contribution is 6.34. The molecule has 0 heterocycles. The number of halogens is 1. The molecule has 0 unspecified atom stereocenters. The number of hydrogen-bond donors (Lipinski definition) is 2. The van der Waals surface area contributed by atoms with Gasteiger partial charge in [-0.05, 0) is 35.2 Å². The van der Waals surface area contributed by atoms with Gasteiger partial charge in [-0.1, -0.05) is 50.6 Å². The van der Waals surface area contributed by atoms with Crippen molar-refractivity contribution in [2.24, 2.45) is 5.73 Å². The Balaban J connectivity index is 2.31. The zero-order chi connectivity index (χ0) is 15.6. The first-order chi connectivity index (χ1) is 9.79. The van der Waals surface area contributed by atoms with E-state index < -0.39 is 0 Å². The SMILES string of the molecule is CC(C)(C)c1ccc(Oc2cccc(Cl)c2C(=N)N)cc1. The van der Waals surface area contributed by atoms with Gasteiger partial charge in [-0.2, -0.15) is 0 Å². The van der Waals surface area contributed by atoms with Crippen LogP contribution in [0.5, 0.6) is 11.5 Å². The lowest BCUT2D eigenvalue weighted by Crippen LogP contribution is -2.13. The predicted octanol–water partition coefficient (Wildman–Crippen LogP) is 4.71. The number of nitrogen functional groups attached to an aromatic ring is 1. The Labute approximate surface area is 130 Å². The standard InChI is InChI=1S/C17H19ClN2O/c1-17(2,3)11-7-9-12(10-8-11)21-14-6-4-5-13(18)15(14)16(19)20/h4-10H,1-3H3,(H3,19,20). The molecule has 2 rings (SSSR count). The van der Waals surface area contributed by atoms with Gasteiger partial charge in [0.25, 0.3) is 0 Å². The second-order valence-electron chi connectivity index (χ2n) is 5.90. The van der Waals surface area contributed by atoms with Crippen LogP contribution in [-0.2, 0) is 5.41 Å². The Morgan fingerprint density at radius 1 is 1.10 bits per heavy atom. The quantitative estimate of drug-likeness (QED) is 0.637. The van der Waals surface area contributed by atoms with E-state index in [2.05, 4.69) is 20.8 Å². The first-order valence-corrected chi connectivity index (χ1v) is 7.08. The molecule has 3 N–H and O–H groups in total. The zero-order valence-corrected chi connectivity index (χ0v) is 13.2. The molecular formula is C17H19ClN2O. The summed E-state index contributed by atoms with van der Waals surface area (Å²) in [5.41, 5.74) is 7.31. The molecule has 2 aromatic rings. The van der Waals surface area contributed by atoms with Crippen molar-refractivity contribution in [2.75, 3.05) is 0 Å². The maximum absolute atomic E-state index is 7.61. The highest BCUT2D eigenvalue weighted by atomic mass is 35.5. The predicted molar refractivity (Wildman–Crippen MR) is 87.7 cm³/mol. The van der Waals surface area contributed by atoms with Gasteiger partial charge >= 0.3 is 0 Å². The van der Waals surface area contributed by atoms with Crippen LogP contribution in [0.25, 0.3) is 0 Å². The molecule has 0 radical (unpaired) electrons. The first kappa shape index (κ1) is 15.4. The summed E-state index contributed by atoms with van der Waals surface area (Å²) >= 11 is 6.07. The van der Waals surface area contributed by atoms with Gasteiger partial charge in [0.1, 0.15) is 17.3 Å². The van der Waals surface area contributed by atoms with E-state index in [1.165, 1.54) is 5.56 Å². The smallest absolute Gasteiger partial charge is 0.139 e. The van der Waals surface area contributed by atoms with E-state index in [0.29, 0.717) is 22.1 Å². The Morgan fingerprint density at radius 3 is 2.24 bits per heavy atom. The van der Waals surface area contributed by atoms with E-state index in [-0.39, 0.29) is 11.3 Å². The normalized spacial score (nSPS) is 11.2. The second kappa shape index (κ2) is 5.78. The summed E-state index contributed by atoms with van der Waals surface area (Å²) in [4.78, 5) is 0. The molecule has 21 heavy (non-hydrogen) atoms. The van der Waals surface area contributed by atoms with Gasteiger partial charge in [-0.25, -0.2) is 0 Å². The molecule has 0 fully saturated rings. The van der Waals surface area contributed by atoms with Crippen LogP contribution < -0.4 is 10.5 Å². The number of nitrogens with two attached hydrogens (primary N) is 1. The van der Waals surface area contributed by atoms with Gasteiger partial charge in [0, 0.05) is 0 Å². The summed E-state index contributed by atoms with van der Waals surface area (Å²) in [6, 6.07) is 13.1. The molecule has 0 atom stereocenters. The summed E-state index contributed by atoms with van der Waals surface area (Å²) in [5, 5.41) is 8.02. The third-order valence-electron chi connectivity index (χ3n) is 3.19. The van der Waals surface area contributed by atoms with Crippen molar-refractivity contribution in [3.8, 4) is 11.5 Å². The van der Waals surface area contributed by atoms with Crippen LogP contribution in [0.1, 0.15) is 31.9 Å². The molecule has 3 nitrogen and oxygen atoms in total. The van der Waals surface area contributed by atoms with Crippen molar-refractivity contribution >= 4 is 17.4 Å². The summed E-state index contributed by atoms with van der Waals surface area (Å²) in [7, 11) is 0. The third kappa shape index (κ3) is 3.56. The van der Waals surface area contributed by atoms with Crippen molar-refractivity contribution in [3.05, 3.63) is 58.6 Å². The lowest BCUT2D eigenvalue weighted by Gasteiger charge is -2.19. The molecule has 0 amide bonds. The minimum absolute atomic E-state index is 0.0964. The minimum Gasteiger partial charge on any atom is -0.457 e. The van der Waals surface area contributed by atoms with Crippen LogP contribution in [0.4, 0.5) is 0 Å². The third-order valence-corrected chi connectivity index (χ3v) is 3.51. The largest absolute Gasteiger partial charge is 0.457 e. The molecule has 0 spiro atoms. The molecule has 4 heteroatoms. The average molecular weight is 303 g/mol. The van der Waals surface area contributed by atoms with Gasteiger partial charge in [-0.3, -0.25) is 5.41 Å². The van der Waals surface area contributed by atoms with Gasteiger partial charge in [-0.15, -0.1) is 0 Å². The number of nitrogens with one attached hydrogen (secondary N) is 1. The van der Waals surface area contributed by atoms with Crippen molar-refractivity contribution in [2.45, 2.75) is 26.2 Å². The highest BCUT2D eigenvalue weighted by Crippen LogP contribution is 2.31. The van der Waals surface area contributed by atoms with Crippen molar-refractivity contribution < 1.29 is 4.74 Å². The molecule has 2 aromatic carbocycles. The Kier molecular flexibility index (Phi) is 4.24. The van der Waals surface area contributed by atoms with Crippen LogP contribution in [0.2, 0.25) is 5.02 Å². The maximum atomic E-state index is 7.61. The van der Waals surface area contributed by atoms with Crippen LogP contribution in [0.15, 0.2) is 42.5 Å². The number of benzene rings is 2. The van der Waals surface area contributed by atoms with Crippen LogP contribution in [0, 0.1) is 5.41 Å². The lowest BCUT2D eigenvalue weighted by molar-refractivity contribution is 0.480. The van der Waals surface area contributed by atoms with Gasteiger partial charge in [0.05, 0.1) is 10.6 Å². The van der Waals surface area contributed by atoms with Gasteiger partial charge in [0.15, 0.2) is 0 Å². The van der Waals surface area contributed by atoms with Crippen LogP contribution >= 0.6 is 11.6 Å². The van der Waals surface area contributed by atoms with E-state index in [0.717, 1.165) is 0 Å². The summed E-state index contributed by atoms with van der Waals surface area (Å²) in [5.74, 6) is 1.06. The number of ether oxygens (including phenoxy) is 1. The number of rotatable bonds is 3. The van der Waals surface area contributed by atoms with Crippen LogP contribution in [0.3, 0.4) is 0 Å². The Morgan fingerprint density at radius 2 is 1.71 bits per heavy atom. The fourth-order valence-electron chi connectivity index (χ4n) is 2.00. The number of amidine groups is 1. The topological polar surface area (TPSA) is 59.1 Å².